The van der Waals surface area contributed by atoms with E-state index in [9.17, 15) is 17.2 Å². The third-order valence-electron chi connectivity index (χ3n) is 4.56. The van der Waals surface area contributed by atoms with Crippen LogP contribution in [0.3, 0.4) is 0 Å². The van der Waals surface area contributed by atoms with Crippen LogP contribution in [0.25, 0.3) is 0 Å². The van der Waals surface area contributed by atoms with Gasteiger partial charge >= 0.3 is 6.29 Å². The number of aliphatic imine (C=N–C) groups is 1. The number of nitrogens with one attached hydrogen (secondary N) is 1. The minimum Gasteiger partial charge on any atom is -0.395 e. The second-order valence-electron chi connectivity index (χ2n) is 6.80. The number of hydrogen-bond donors (Lipinski definition) is 2. The number of sulfonamides is 1. The van der Waals surface area contributed by atoms with E-state index in [0.29, 0.717) is 5.69 Å². The quantitative estimate of drug-likeness (QED) is 0.771. The van der Waals surface area contributed by atoms with Crippen LogP contribution in [0.15, 0.2) is 41.4 Å². The van der Waals surface area contributed by atoms with Gasteiger partial charge in [-0.15, -0.1) is 8.78 Å². The second kappa shape index (κ2) is 6.17. The Morgan fingerprint density at radius 3 is 2.66 bits per heavy atom. The first-order valence-electron chi connectivity index (χ1n) is 8.44. The van der Waals surface area contributed by atoms with Crippen LogP contribution in [0, 0.1) is 0 Å². The largest absolute Gasteiger partial charge is 0.586 e. The molecule has 29 heavy (non-hydrogen) atoms. The lowest BCUT2D eigenvalue weighted by Gasteiger charge is -2.33. The van der Waals surface area contributed by atoms with Gasteiger partial charge in [0.05, 0.1) is 11.4 Å². The molecule has 4 rings (SSSR count). The SMILES string of the molecule is CN1C(N)=N[C@](C)(c2cccc(Nc3cccc4c3OC(F)(F)O4)n2)CS1(=O)=O. The predicted molar refractivity (Wildman–Crippen MR) is 101 cm³/mol. The van der Waals surface area contributed by atoms with Gasteiger partial charge in [0.2, 0.25) is 16.0 Å². The Morgan fingerprint density at radius 2 is 1.93 bits per heavy atom. The van der Waals surface area contributed by atoms with Gasteiger partial charge in [0.15, 0.2) is 11.5 Å². The maximum Gasteiger partial charge on any atom is 0.586 e. The number of anilines is 2. The molecule has 1 atom stereocenters. The van der Waals surface area contributed by atoms with Crippen molar-refractivity contribution in [3.05, 3.63) is 42.1 Å². The number of alkyl halides is 2. The Balaban J connectivity index is 1.68. The summed E-state index contributed by atoms with van der Waals surface area (Å²) >= 11 is 0. The molecule has 9 nitrogen and oxygen atoms in total. The highest BCUT2D eigenvalue weighted by molar-refractivity contribution is 7.89. The monoisotopic (exact) mass is 425 g/mol. The van der Waals surface area contributed by atoms with Gasteiger partial charge in [-0.05, 0) is 31.2 Å². The number of guanidine groups is 1. The number of fused-ring (bicyclic) bond motifs is 1. The van der Waals surface area contributed by atoms with E-state index in [0.717, 1.165) is 4.31 Å². The number of para-hydroxylation sites is 1. The average Bonchev–Trinajstić information content (AvgIpc) is 2.95. The van der Waals surface area contributed by atoms with Crippen molar-refractivity contribution in [2.75, 3.05) is 18.1 Å². The fourth-order valence-electron chi connectivity index (χ4n) is 3.09. The molecule has 0 saturated heterocycles. The number of nitrogens with two attached hydrogens (primary N) is 1. The molecule has 1 aromatic carbocycles. The molecular formula is C17H17F2N5O4S. The fourth-order valence-corrected chi connectivity index (χ4v) is 4.53. The lowest BCUT2D eigenvalue weighted by atomic mass is 10.0. The second-order valence-corrected chi connectivity index (χ2v) is 8.80. The van der Waals surface area contributed by atoms with Gasteiger partial charge in [-0.1, -0.05) is 12.1 Å². The summed E-state index contributed by atoms with van der Waals surface area (Å²) in [4.78, 5) is 8.70. The predicted octanol–water partition coefficient (Wildman–Crippen LogP) is 1.95. The van der Waals surface area contributed by atoms with Crippen molar-refractivity contribution in [3.8, 4) is 11.5 Å². The van der Waals surface area contributed by atoms with Crippen molar-refractivity contribution >= 4 is 27.5 Å². The highest BCUT2D eigenvalue weighted by Gasteiger charge is 2.45. The number of halogens is 2. The summed E-state index contributed by atoms with van der Waals surface area (Å²) in [6.07, 6.45) is -3.75. The smallest absolute Gasteiger partial charge is 0.395 e. The molecule has 2 aromatic rings. The first kappa shape index (κ1) is 19.2. The van der Waals surface area contributed by atoms with Gasteiger partial charge in [0.1, 0.15) is 17.1 Å². The molecule has 0 unspecified atom stereocenters. The molecule has 0 bridgehead atoms. The van der Waals surface area contributed by atoms with Crippen LogP contribution >= 0.6 is 0 Å². The van der Waals surface area contributed by atoms with Gasteiger partial charge in [0, 0.05) is 7.05 Å². The molecule has 2 aliphatic heterocycles. The highest BCUT2D eigenvalue weighted by atomic mass is 32.2. The van der Waals surface area contributed by atoms with E-state index in [-0.39, 0.29) is 34.7 Å². The van der Waals surface area contributed by atoms with Crippen molar-refractivity contribution in [3.63, 3.8) is 0 Å². The zero-order valence-electron chi connectivity index (χ0n) is 15.4. The van der Waals surface area contributed by atoms with Crippen LogP contribution in [0.5, 0.6) is 11.5 Å². The number of ether oxygens (including phenoxy) is 2. The number of hydrogen-bond acceptors (Lipinski definition) is 8. The van der Waals surface area contributed by atoms with E-state index in [1.807, 2.05) is 0 Å². The summed E-state index contributed by atoms with van der Waals surface area (Å²) in [7, 11) is -2.34. The first-order chi connectivity index (χ1) is 13.5. The van der Waals surface area contributed by atoms with Crippen LogP contribution in [-0.2, 0) is 15.6 Å². The summed E-state index contributed by atoms with van der Waals surface area (Å²) in [5.74, 6) is -0.451. The van der Waals surface area contributed by atoms with Crippen LogP contribution in [0.4, 0.5) is 20.3 Å². The van der Waals surface area contributed by atoms with Crippen molar-refractivity contribution in [1.82, 2.24) is 9.29 Å². The van der Waals surface area contributed by atoms with Crippen molar-refractivity contribution in [2.24, 2.45) is 10.7 Å². The average molecular weight is 425 g/mol. The number of rotatable bonds is 3. The van der Waals surface area contributed by atoms with Crippen molar-refractivity contribution < 1.29 is 26.7 Å². The van der Waals surface area contributed by atoms with Gasteiger partial charge < -0.3 is 20.5 Å². The summed E-state index contributed by atoms with van der Waals surface area (Å²) in [5, 5.41) is 2.89. The summed E-state index contributed by atoms with van der Waals surface area (Å²) < 4.78 is 61.4. The third-order valence-corrected chi connectivity index (χ3v) is 6.51. The minimum atomic E-state index is -3.75. The molecule has 3 heterocycles. The molecule has 0 spiro atoms. The van der Waals surface area contributed by atoms with Crippen LogP contribution in [0.1, 0.15) is 12.6 Å². The van der Waals surface area contributed by atoms with Crippen LogP contribution in [0.2, 0.25) is 0 Å². The van der Waals surface area contributed by atoms with E-state index >= 15 is 0 Å². The molecule has 0 saturated carbocycles. The third kappa shape index (κ3) is 3.39. The first-order valence-corrected chi connectivity index (χ1v) is 10.1. The molecular weight excluding hydrogens is 408 g/mol. The van der Waals surface area contributed by atoms with E-state index in [1.165, 1.54) is 25.2 Å². The van der Waals surface area contributed by atoms with Gasteiger partial charge in [-0.2, -0.15) is 0 Å². The standard InChI is InChI=1S/C17H17F2N5O4S/c1-16(9-29(25,26)24(2)15(20)23-16)12-7-4-8-13(22-12)21-10-5-3-6-11-14(10)28-17(18,19)27-11/h3-8H,9H2,1-2H3,(H2,20,23)(H,21,22)/t16-/m0/s1. The highest BCUT2D eigenvalue weighted by Crippen LogP contribution is 2.46. The molecule has 0 aliphatic carbocycles. The van der Waals surface area contributed by atoms with E-state index < -0.39 is 21.9 Å². The Morgan fingerprint density at radius 1 is 1.21 bits per heavy atom. The number of nitrogens with zero attached hydrogens (tertiary/aromatic N) is 3. The van der Waals surface area contributed by atoms with E-state index in [2.05, 4.69) is 24.8 Å². The van der Waals surface area contributed by atoms with Gasteiger partial charge in [-0.25, -0.2) is 22.7 Å². The Hall–Kier alpha value is -3.15. The zero-order valence-corrected chi connectivity index (χ0v) is 16.2. The van der Waals surface area contributed by atoms with Gasteiger partial charge in [0.25, 0.3) is 0 Å². The number of benzene rings is 1. The topological polar surface area (TPSA) is 119 Å². The summed E-state index contributed by atoms with van der Waals surface area (Å²) in [6.45, 7) is 1.61. The molecule has 3 N–H and O–H groups in total. The zero-order chi connectivity index (χ0) is 21.0. The van der Waals surface area contributed by atoms with Crippen LogP contribution in [-0.4, -0.2) is 42.8 Å². The Kier molecular flexibility index (Phi) is 4.08. The Bertz CT molecular complexity index is 1120. The molecule has 12 heteroatoms. The van der Waals surface area contributed by atoms with Gasteiger partial charge in [-0.3, -0.25) is 0 Å². The normalized spacial score (nSPS) is 24.1. The molecule has 2 aliphatic rings. The molecule has 0 amide bonds. The summed E-state index contributed by atoms with van der Waals surface area (Å²) in [6, 6.07) is 9.25. The maximum atomic E-state index is 13.4. The molecule has 154 valence electrons. The van der Waals surface area contributed by atoms with Crippen molar-refractivity contribution in [2.45, 2.75) is 18.8 Å². The molecule has 0 fully saturated rings. The lowest BCUT2D eigenvalue weighted by Crippen LogP contribution is -2.50. The van der Waals surface area contributed by atoms with Crippen LogP contribution < -0.4 is 20.5 Å². The maximum absolute atomic E-state index is 13.4. The van der Waals surface area contributed by atoms with Crippen molar-refractivity contribution in [1.29, 1.82) is 0 Å². The Labute approximate surface area is 165 Å². The lowest BCUT2D eigenvalue weighted by molar-refractivity contribution is -0.286. The summed E-state index contributed by atoms with van der Waals surface area (Å²) in [5.41, 5.74) is 5.12. The molecule has 1 aromatic heterocycles. The molecule has 0 radical (unpaired) electrons. The van der Waals surface area contributed by atoms with E-state index in [4.69, 9.17) is 5.73 Å². The number of aromatic nitrogens is 1. The fraction of sp³-hybridized carbons (Fsp3) is 0.294. The minimum absolute atomic E-state index is 0.109. The van der Waals surface area contributed by atoms with E-state index in [1.54, 1.807) is 25.1 Å². The number of pyridine rings is 1.